The number of benzene rings is 2. The van der Waals surface area contributed by atoms with E-state index in [-0.39, 0.29) is 16.6 Å². The van der Waals surface area contributed by atoms with Gasteiger partial charge >= 0.3 is 0 Å². The zero-order valence-electron chi connectivity index (χ0n) is 15.6. The average molecular weight is 385 g/mol. The first kappa shape index (κ1) is 19.1. The summed E-state index contributed by atoms with van der Waals surface area (Å²) < 4.78 is 33.9. The molecule has 0 aliphatic rings. The highest BCUT2D eigenvalue weighted by Crippen LogP contribution is 2.26. The zero-order valence-corrected chi connectivity index (χ0v) is 16.5. The molecule has 2 aromatic carbocycles. The summed E-state index contributed by atoms with van der Waals surface area (Å²) in [5.74, 6) is 0.599. The molecule has 3 rings (SSSR count). The molecular formula is C20H23N3O3S. The second-order valence-electron chi connectivity index (χ2n) is 6.61. The van der Waals surface area contributed by atoms with Crippen LogP contribution in [0.2, 0.25) is 0 Å². The van der Waals surface area contributed by atoms with E-state index >= 15 is 0 Å². The Bertz CT molecular complexity index is 1030. The lowest BCUT2D eigenvalue weighted by molar-refractivity contribution is 0.249. The monoisotopic (exact) mass is 385 g/mol. The van der Waals surface area contributed by atoms with Crippen LogP contribution in [0.3, 0.4) is 0 Å². The van der Waals surface area contributed by atoms with Gasteiger partial charge in [0.25, 0.3) is 15.9 Å². The third-order valence-electron chi connectivity index (χ3n) is 4.30. The zero-order chi connectivity index (χ0) is 19.4. The van der Waals surface area contributed by atoms with Crippen molar-refractivity contribution < 1.29 is 13.2 Å². The highest BCUT2D eigenvalue weighted by Gasteiger charge is 2.20. The number of sulfonamides is 1. The fraction of sp³-hybridized carbons (Fsp3) is 0.300. The maximum absolute atomic E-state index is 12.8. The van der Waals surface area contributed by atoms with E-state index in [0.29, 0.717) is 23.6 Å². The highest BCUT2D eigenvalue weighted by atomic mass is 32.2. The number of fused-ring (bicyclic) bond motifs is 1. The van der Waals surface area contributed by atoms with Gasteiger partial charge in [0.05, 0.1) is 22.5 Å². The fourth-order valence-electron chi connectivity index (χ4n) is 2.39. The average Bonchev–Trinajstić information content (AvgIpc) is 2.66. The van der Waals surface area contributed by atoms with Crippen molar-refractivity contribution in [2.45, 2.75) is 32.1 Å². The van der Waals surface area contributed by atoms with Crippen molar-refractivity contribution in [2.24, 2.45) is 5.92 Å². The van der Waals surface area contributed by atoms with Gasteiger partial charge < -0.3 is 4.74 Å². The molecule has 0 bridgehead atoms. The molecule has 142 valence electrons. The number of aromatic nitrogens is 2. The predicted octanol–water partition coefficient (Wildman–Crippen LogP) is 4.16. The number of rotatable bonds is 7. The van der Waals surface area contributed by atoms with Crippen LogP contribution in [0, 0.1) is 12.8 Å². The van der Waals surface area contributed by atoms with E-state index in [1.54, 1.807) is 30.3 Å². The summed E-state index contributed by atoms with van der Waals surface area (Å²) in [6.07, 6.45) is 0.950. The normalized spacial score (nSPS) is 12.7. The van der Waals surface area contributed by atoms with E-state index in [9.17, 15) is 8.42 Å². The van der Waals surface area contributed by atoms with Crippen molar-refractivity contribution >= 4 is 26.9 Å². The summed E-state index contributed by atoms with van der Waals surface area (Å²) in [6, 6.07) is 13.9. The minimum atomic E-state index is -3.80. The number of nitrogens with zero attached hydrogens (tertiary/aromatic N) is 2. The largest absolute Gasteiger partial charge is 0.475 e. The van der Waals surface area contributed by atoms with Crippen LogP contribution in [0.25, 0.3) is 11.0 Å². The molecule has 1 unspecified atom stereocenters. The van der Waals surface area contributed by atoms with Crippen LogP contribution in [-0.2, 0) is 10.0 Å². The molecule has 1 N–H and O–H groups in total. The molecule has 0 saturated carbocycles. The summed E-state index contributed by atoms with van der Waals surface area (Å²) in [5.41, 5.74) is 2.22. The maximum Gasteiger partial charge on any atom is 0.263 e. The van der Waals surface area contributed by atoms with Crippen LogP contribution < -0.4 is 9.46 Å². The Balaban J connectivity index is 1.98. The van der Waals surface area contributed by atoms with E-state index < -0.39 is 10.0 Å². The summed E-state index contributed by atoms with van der Waals surface area (Å²) >= 11 is 0. The highest BCUT2D eigenvalue weighted by molar-refractivity contribution is 7.92. The van der Waals surface area contributed by atoms with E-state index in [1.807, 2.05) is 25.1 Å². The molecule has 1 heterocycles. The van der Waals surface area contributed by atoms with Gasteiger partial charge in [-0.1, -0.05) is 50.1 Å². The van der Waals surface area contributed by atoms with Gasteiger partial charge in [0.2, 0.25) is 5.82 Å². The first-order valence-corrected chi connectivity index (χ1v) is 10.4. The van der Waals surface area contributed by atoms with Gasteiger partial charge in [-0.2, -0.15) is 0 Å². The quantitative estimate of drug-likeness (QED) is 0.660. The Morgan fingerprint density at radius 3 is 2.30 bits per heavy atom. The number of anilines is 1. The molecule has 3 aromatic rings. The van der Waals surface area contributed by atoms with E-state index in [0.717, 1.165) is 12.0 Å². The van der Waals surface area contributed by atoms with Gasteiger partial charge in [-0.05, 0) is 37.1 Å². The second-order valence-corrected chi connectivity index (χ2v) is 8.29. The minimum absolute atomic E-state index is 0.0950. The lowest BCUT2D eigenvalue weighted by Crippen LogP contribution is -2.17. The second kappa shape index (κ2) is 7.92. The van der Waals surface area contributed by atoms with Crippen LogP contribution in [0.4, 0.5) is 5.82 Å². The lowest BCUT2D eigenvalue weighted by Gasteiger charge is -2.15. The molecule has 0 spiro atoms. The first-order valence-electron chi connectivity index (χ1n) is 8.88. The SMILES string of the molecule is CCC(C)COc1nc2ccccc2nc1NS(=O)(=O)c1ccc(C)cc1. The van der Waals surface area contributed by atoms with Crippen molar-refractivity contribution in [1.82, 2.24) is 9.97 Å². The van der Waals surface area contributed by atoms with Crippen molar-refractivity contribution in [3.05, 3.63) is 54.1 Å². The van der Waals surface area contributed by atoms with Gasteiger partial charge in [-0.25, -0.2) is 18.4 Å². The molecule has 27 heavy (non-hydrogen) atoms. The van der Waals surface area contributed by atoms with Crippen molar-refractivity contribution in [1.29, 1.82) is 0 Å². The van der Waals surface area contributed by atoms with Crippen LogP contribution >= 0.6 is 0 Å². The fourth-order valence-corrected chi connectivity index (χ4v) is 3.39. The minimum Gasteiger partial charge on any atom is -0.475 e. The van der Waals surface area contributed by atoms with Gasteiger partial charge in [0.15, 0.2) is 0 Å². The Morgan fingerprint density at radius 1 is 1.04 bits per heavy atom. The molecule has 0 amide bonds. The standard InChI is InChI=1S/C20H23N3O3S/c1-4-14(2)13-26-20-19(21-17-7-5-6-8-18(17)22-20)23-27(24,25)16-11-9-15(3)10-12-16/h5-12,14H,4,13H2,1-3H3,(H,21,23). The Kier molecular flexibility index (Phi) is 5.60. The van der Waals surface area contributed by atoms with E-state index in [2.05, 4.69) is 28.5 Å². The molecule has 0 fully saturated rings. The molecule has 7 heteroatoms. The molecule has 1 aromatic heterocycles. The molecular weight excluding hydrogens is 362 g/mol. The lowest BCUT2D eigenvalue weighted by atomic mass is 10.1. The van der Waals surface area contributed by atoms with E-state index in [1.165, 1.54) is 0 Å². The Hall–Kier alpha value is -2.67. The Labute approximate surface area is 159 Å². The van der Waals surface area contributed by atoms with Crippen LogP contribution in [0.5, 0.6) is 5.88 Å². The van der Waals surface area contributed by atoms with E-state index in [4.69, 9.17) is 4.74 Å². The number of hydrogen-bond donors (Lipinski definition) is 1. The third kappa shape index (κ3) is 4.54. The third-order valence-corrected chi connectivity index (χ3v) is 5.66. The smallest absolute Gasteiger partial charge is 0.263 e. The number of aryl methyl sites for hydroxylation is 1. The predicted molar refractivity (Wildman–Crippen MR) is 106 cm³/mol. The number of para-hydroxylation sites is 2. The molecule has 0 aliphatic carbocycles. The van der Waals surface area contributed by atoms with Gasteiger partial charge in [0.1, 0.15) is 0 Å². The topological polar surface area (TPSA) is 81.2 Å². The van der Waals surface area contributed by atoms with Crippen LogP contribution in [0.1, 0.15) is 25.8 Å². The van der Waals surface area contributed by atoms with Crippen LogP contribution in [0.15, 0.2) is 53.4 Å². The molecule has 0 radical (unpaired) electrons. The van der Waals surface area contributed by atoms with Crippen molar-refractivity contribution in [2.75, 3.05) is 11.3 Å². The summed E-state index contributed by atoms with van der Waals surface area (Å²) in [6.45, 7) is 6.47. The molecule has 6 nitrogen and oxygen atoms in total. The molecule has 0 saturated heterocycles. The summed E-state index contributed by atoms with van der Waals surface area (Å²) in [4.78, 5) is 9.05. The maximum atomic E-state index is 12.8. The van der Waals surface area contributed by atoms with Gasteiger partial charge in [0, 0.05) is 0 Å². The molecule has 1 atom stereocenters. The van der Waals surface area contributed by atoms with Crippen molar-refractivity contribution in [3.63, 3.8) is 0 Å². The summed E-state index contributed by atoms with van der Waals surface area (Å²) in [7, 11) is -3.80. The number of ether oxygens (including phenoxy) is 1. The summed E-state index contributed by atoms with van der Waals surface area (Å²) in [5, 5.41) is 0. The number of hydrogen-bond acceptors (Lipinski definition) is 5. The first-order chi connectivity index (χ1) is 12.9. The number of nitrogens with one attached hydrogen (secondary N) is 1. The van der Waals surface area contributed by atoms with Crippen molar-refractivity contribution in [3.8, 4) is 5.88 Å². The Morgan fingerprint density at radius 2 is 1.67 bits per heavy atom. The van der Waals surface area contributed by atoms with Gasteiger partial charge in [-0.15, -0.1) is 0 Å². The van der Waals surface area contributed by atoms with Crippen LogP contribution in [-0.4, -0.2) is 25.0 Å². The van der Waals surface area contributed by atoms with Gasteiger partial charge in [-0.3, -0.25) is 4.72 Å². The molecule has 0 aliphatic heterocycles.